The fraction of sp³-hybridized carbons (Fsp3) is 0.333. The topological polar surface area (TPSA) is 98.8 Å². The zero-order valence-corrected chi connectivity index (χ0v) is 17.3. The molecular formula is C21H24N4O4S. The molecule has 2 N–H and O–H groups in total. The number of benzene rings is 2. The van der Waals surface area contributed by atoms with Crippen molar-refractivity contribution >= 4 is 39.0 Å². The molecule has 3 amide bonds. The van der Waals surface area contributed by atoms with Crippen LogP contribution in [0, 0.1) is 0 Å². The van der Waals surface area contributed by atoms with Crippen LogP contribution in [-0.4, -0.2) is 44.9 Å². The van der Waals surface area contributed by atoms with Gasteiger partial charge in [-0.25, -0.2) is 13.2 Å². The lowest BCUT2D eigenvalue weighted by molar-refractivity contribution is -0.117. The highest BCUT2D eigenvalue weighted by Gasteiger charge is 2.23. The summed E-state index contributed by atoms with van der Waals surface area (Å²) in [6, 6.07) is 12.7. The van der Waals surface area contributed by atoms with Gasteiger partial charge >= 0.3 is 6.03 Å². The molecule has 2 aromatic carbocycles. The number of anilines is 3. The van der Waals surface area contributed by atoms with Crippen molar-refractivity contribution in [1.29, 1.82) is 0 Å². The number of carbonyl (C=O) groups excluding carboxylic acids is 2. The van der Waals surface area contributed by atoms with E-state index in [2.05, 4.69) is 10.0 Å². The van der Waals surface area contributed by atoms with Gasteiger partial charge in [-0.2, -0.15) is 0 Å². The van der Waals surface area contributed by atoms with Gasteiger partial charge < -0.3 is 15.1 Å². The summed E-state index contributed by atoms with van der Waals surface area (Å²) in [7, 11) is -3.86. The number of nitrogens with zero attached hydrogens (tertiary/aromatic N) is 2. The molecule has 9 heteroatoms. The number of urea groups is 1. The van der Waals surface area contributed by atoms with Gasteiger partial charge in [0.2, 0.25) is 5.91 Å². The molecular weight excluding hydrogens is 404 g/mol. The third kappa shape index (κ3) is 4.25. The molecule has 2 aromatic rings. The van der Waals surface area contributed by atoms with E-state index in [9.17, 15) is 18.0 Å². The molecule has 0 radical (unpaired) electrons. The molecule has 2 aliphatic heterocycles. The van der Waals surface area contributed by atoms with Crippen LogP contribution in [0.1, 0.15) is 25.7 Å². The van der Waals surface area contributed by atoms with E-state index in [1.807, 2.05) is 0 Å². The van der Waals surface area contributed by atoms with Crippen molar-refractivity contribution in [3.05, 3.63) is 48.5 Å². The molecule has 0 unspecified atom stereocenters. The number of nitrogens with one attached hydrogen (secondary N) is 2. The average molecular weight is 429 g/mol. The maximum Gasteiger partial charge on any atom is 0.321 e. The minimum absolute atomic E-state index is 0.0476. The predicted molar refractivity (Wildman–Crippen MR) is 115 cm³/mol. The van der Waals surface area contributed by atoms with E-state index in [0.29, 0.717) is 43.1 Å². The first-order valence-corrected chi connectivity index (χ1v) is 11.5. The number of hydrogen-bond acceptors (Lipinski definition) is 4. The minimum atomic E-state index is -3.86. The van der Waals surface area contributed by atoms with Gasteiger partial charge in [0.25, 0.3) is 10.0 Å². The van der Waals surface area contributed by atoms with E-state index in [1.165, 1.54) is 12.1 Å². The second kappa shape index (κ2) is 8.35. The van der Waals surface area contributed by atoms with Crippen LogP contribution >= 0.6 is 0 Å². The summed E-state index contributed by atoms with van der Waals surface area (Å²) in [4.78, 5) is 27.7. The SMILES string of the molecule is O=C(Nc1ccccc1NS(=O)(=O)c1ccc(N2CCCC2=O)cc1)N1CCCC1. The lowest BCUT2D eigenvalue weighted by atomic mass is 10.3. The minimum Gasteiger partial charge on any atom is -0.325 e. The first-order valence-electron chi connectivity index (χ1n) is 10.0. The number of para-hydroxylation sites is 2. The third-order valence-electron chi connectivity index (χ3n) is 5.34. The molecule has 0 aromatic heterocycles. The maximum absolute atomic E-state index is 12.9. The van der Waals surface area contributed by atoms with Gasteiger partial charge in [0.1, 0.15) is 0 Å². The van der Waals surface area contributed by atoms with Gasteiger partial charge in [-0.1, -0.05) is 12.1 Å². The van der Waals surface area contributed by atoms with Crippen molar-refractivity contribution in [2.24, 2.45) is 0 Å². The Morgan fingerprint density at radius 2 is 1.53 bits per heavy atom. The zero-order valence-electron chi connectivity index (χ0n) is 16.5. The van der Waals surface area contributed by atoms with Crippen molar-refractivity contribution in [3.8, 4) is 0 Å². The summed E-state index contributed by atoms with van der Waals surface area (Å²) in [6.45, 7) is 2.05. The van der Waals surface area contributed by atoms with Crippen LogP contribution in [0.15, 0.2) is 53.4 Å². The summed E-state index contributed by atoms with van der Waals surface area (Å²) in [6.07, 6.45) is 3.27. The Morgan fingerprint density at radius 3 is 2.17 bits per heavy atom. The van der Waals surface area contributed by atoms with E-state index < -0.39 is 10.0 Å². The molecule has 158 valence electrons. The number of rotatable bonds is 5. The van der Waals surface area contributed by atoms with Crippen LogP contribution in [0.3, 0.4) is 0 Å². The highest BCUT2D eigenvalue weighted by Crippen LogP contribution is 2.27. The summed E-state index contributed by atoms with van der Waals surface area (Å²) in [5.74, 6) is 0.0476. The fourth-order valence-electron chi connectivity index (χ4n) is 3.73. The zero-order chi connectivity index (χ0) is 21.1. The first-order chi connectivity index (χ1) is 14.4. The largest absolute Gasteiger partial charge is 0.325 e. The molecule has 2 aliphatic rings. The number of amides is 3. The van der Waals surface area contributed by atoms with Gasteiger partial charge in [0.05, 0.1) is 16.3 Å². The highest BCUT2D eigenvalue weighted by molar-refractivity contribution is 7.92. The van der Waals surface area contributed by atoms with Crippen molar-refractivity contribution in [2.45, 2.75) is 30.6 Å². The molecule has 0 aliphatic carbocycles. The van der Waals surface area contributed by atoms with E-state index in [0.717, 1.165) is 19.3 Å². The maximum atomic E-state index is 12.9. The van der Waals surface area contributed by atoms with Crippen LogP contribution in [-0.2, 0) is 14.8 Å². The summed E-state index contributed by atoms with van der Waals surface area (Å²) in [5, 5.41) is 2.79. The normalized spacial score (nSPS) is 16.7. The number of sulfonamides is 1. The highest BCUT2D eigenvalue weighted by atomic mass is 32.2. The predicted octanol–water partition coefficient (Wildman–Crippen LogP) is 3.24. The molecule has 30 heavy (non-hydrogen) atoms. The molecule has 2 fully saturated rings. The van der Waals surface area contributed by atoms with Crippen molar-refractivity contribution < 1.29 is 18.0 Å². The van der Waals surface area contributed by atoms with E-state index in [1.54, 1.807) is 46.2 Å². The van der Waals surface area contributed by atoms with Crippen molar-refractivity contribution in [3.63, 3.8) is 0 Å². The Balaban J connectivity index is 1.50. The second-order valence-corrected chi connectivity index (χ2v) is 9.10. The molecule has 0 bridgehead atoms. The van der Waals surface area contributed by atoms with E-state index in [4.69, 9.17) is 0 Å². The van der Waals surface area contributed by atoms with Gasteiger partial charge in [0, 0.05) is 31.7 Å². The Kier molecular flexibility index (Phi) is 5.63. The van der Waals surface area contributed by atoms with Crippen LogP contribution in [0.25, 0.3) is 0 Å². The molecule has 2 saturated heterocycles. The standard InChI is InChI=1S/C21H24N4O4S/c26-20-8-5-15-25(20)16-9-11-17(12-10-16)30(28,29)23-19-7-2-1-6-18(19)22-21(27)24-13-3-4-14-24/h1-2,6-7,9-12,23H,3-5,8,13-15H2,(H,22,27). The number of carbonyl (C=O) groups is 2. The Bertz CT molecular complexity index is 1050. The average Bonchev–Trinajstić information content (AvgIpc) is 3.41. The smallest absolute Gasteiger partial charge is 0.321 e. The van der Waals surface area contributed by atoms with E-state index >= 15 is 0 Å². The van der Waals surface area contributed by atoms with Crippen LogP contribution < -0.4 is 14.9 Å². The van der Waals surface area contributed by atoms with Crippen molar-refractivity contribution in [2.75, 3.05) is 34.6 Å². The molecule has 2 heterocycles. The molecule has 0 spiro atoms. The lowest BCUT2D eigenvalue weighted by Gasteiger charge is -2.19. The van der Waals surface area contributed by atoms with Gasteiger partial charge in [-0.15, -0.1) is 0 Å². The van der Waals surface area contributed by atoms with Crippen LogP contribution in [0.2, 0.25) is 0 Å². The monoisotopic (exact) mass is 428 g/mol. The fourth-order valence-corrected chi connectivity index (χ4v) is 4.81. The van der Waals surface area contributed by atoms with Crippen LogP contribution in [0.5, 0.6) is 0 Å². The number of likely N-dealkylation sites (tertiary alicyclic amines) is 1. The molecule has 4 rings (SSSR count). The third-order valence-corrected chi connectivity index (χ3v) is 6.72. The molecule has 0 atom stereocenters. The summed E-state index contributed by atoms with van der Waals surface area (Å²) < 4.78 is 28.3. The first kappa shape index (κ1) is 20.2. The molecule has 8 nitrogen and oxygen atoms in total. The van der Waals surface area contributed by atoms with Gasteiger partial charge in [-0.3, -0.25) is 9.52 Å². The Morgan fingerprint density at radius 1 is 0.867 bits per heavy atom. The van der Waals surface area contributed by atoms with Crippen molar-refractivity contribution in [1.82, 2.24) is 4.90 Å². The second-order valence-electron chi connectivity index (χ2n) is 7.42. The lowest BCUT2D eigenvalue weighted by Crippen LogP contribution is -2.32. The van der Waals surface area contributed by atoms with Gasteiger partial charge in [0.15, 0.2) is 0 Å². The molecule has 0 saturated carbocycles. The van der Waals surface area contributed by atoms with Gasteiger partial charge in [-0.05, 0) is 55.7 Å². The van der Waals surface area contributed by atoms with E-state index in [-0.39, 0.29) is 16.8 Å². The quantitative estimate of drug-likeness (QED) is 0.764. The number of hydrogen-bond donors (Lipinski definition) is 2. The Hall–Kier alpha value is -3.07. The van der Waals surface area contributed by atoms with Crippen LogP contribution in [0.4, 0.5) is 21.9 Å². The summed E-state index contributed by atoms with van der Waals surface area (Å²) >= 11 is 0. The summed E-state index contributed by atoms with van der Waals surface area (Å²) in [5.41, 5.74) is 1.39. The Labute approximate surface area is 175 Å².